The maximum atomic E-state index is 14.3. The van der Waals surface area contributed by atoms with E-state index in [1.54, 1.807) is 18.9 Å². The molecule has 0 bridgehead atoms. The molecule has 0 radical (unpaired) electrons. The van der Waals surface area contributed by atoms with Crippen molar-refractivity contribution < 1.29 is 23.4 Å². The second-order valence-corrected chi connectivity index (χ2v) is 7.47. The van der Waals surface area contributed by atoms with Crippen LogP contribution in [0.1, 0.15) is 17.5 Å². The number of halogens is 3. The molecule has 150 valence electrons. The summed E-state index contributed by atoms with van der Waals surface area (Å²) in [6.45, 7) is -0.0744. The van der Waals surface area contributed by atoms with Crippen LogP contribution in [0.15, 0.2) is 42.1 Å². The smallest absolute Gasteiger partial charge is 0.200 e. The molecule has 0 aliphatic carbocycles. The van der Waals surface area contributed by atoms with Gasteiger partial charge in [-0.25, -0.2) is 4.39 Å². The molecule has 8 heteroatoms. The number of aliphatic hydroxyl groups is 1. The van der Waals surface area contributed by atoms with Crippen molar-refractivity contribution in [2.75, 3.05) is 26.2 Å². The van der Waals surface area contributed by atoms with Gasteiger partial charge in [-0.2, -0.15) is 4.39 Å². The molecule has 1 aliphatic rings. The van der Waals surface area contributed by atoms with E-state index < -0.39 is 11.6 Å². The molecule has 2 aromatic carbocycles. The number of methoxy groups -OCH3 is 1. The standard InChI is InChI=1S/C20H20ClF2NO3S/c1-26-15-7-4-14(5-8-15)20-16(24(21)12-28-20)11-27-17-9-6-13(3-2-10-25)18(22)19(17)23/h4-9,25H,2-3,10-12H2,1H3. The van der Waals surface area contributed by atoms with Crippen molar-refractivity contribution >= 4 is 28.4 Å². The Morgan fingerprint density at radius 3 is 2.57 bits per heavy atom. The maximum absolute atomic E-state index is 14.3. The van der Waals surface area contributed by atoms with Gasteiger partial charge in [0.05, 0.1) is 18.7 Å². The van der Waals surface area contributed by atoms with Gasteiger partial charge in [-0.1, -0.05) is 18.2 Å². The molecule has 0 fully saturated rings. The summed E-state index contributed by atoms with van der Waals surface area (Å²) in [5, 5.41) is 8.85. The van der Waals surface area contributed by atoms with Crippen LogP contribution < -0.4 is 9.47 Å². The minimum absolute atomic E-state index is 0.00418. The van der Waals surface area contributed by atoms with Crippen LogP contribution in [-0.2, 0) is 6.42 Å². The quantitative estimate of drug-likeness (QED) is 0.612. The normalized spacial score (nSPS) is 14.0. The summed E-state index contributed by atoms with van der Waals surface area (Å²) in [6, 6.07) is 10.4. The van der Waals surface area contributed by atoms with Crippen LogP contribution in [0.25, 0.3) is 4.91 Å². The minimum Gasteiger partial charge on any atom is -0.497 e. The van der Waals surface area contributed by atoms with E-state index in [0.29, 0.717) is 18.0 Å². The highest BCUT2D eigenvalue weighted by Gasteiger charge is 2.24. The molecular weight excluding hydrogens is 408 g/mol. The Morgan fingerprint density at radius 2 is 1.89 bits per heavy atom. The van der Waals surface area contributed by atoms with Gasteiger partial charge in [0.15, 0.2) is 11.6 Å². The van der Waals surface area contributed by atoms with Gasteiger partial charge in [-0.05, 0) is 42.2 Å². The van der Waals surface area contributed by atoms with Crippen LogP contribution in [0, 0.1) is 11.6 Å². The molecule has 1 N–H and O–H groups in total. The number of benzene rings is 2. The number of hydrogen-bond donors (Lipinski definition) is 1. The molecule has 0 saturated heterocycles. The lowest BCUT2D eigenvalue weighted by Gasteiger charge is -2.15. The van der Waals surface area contributed by atoms with Crippen molar-refractivity contribution in [3.05, 3.63) is 64.9 Å². The number of aryl methyl sites for hydroxylation is 1. The highest BCUT2D eigenvalue weighted by Crippen LogP contribution is 2.41. The zero-order valence-electron chi connectivity index (χ0n) is 15.3. The van der Waals surface area contributed by atoms with Gasteiger partial charge in [0.2, 0.25) is 5.82 Å². The van der Waals surface area contributed by atoms with Crippen molar-refractivity contribution in [2.45, 2.75) is 12.8 Å². The van der Waals surface area contributed by atoms with Crippen LogP contribution in [-0.4, -0.2) is 35.7 Å². The van der Waals surface area contributed by atoms with E-state index in [4.69, 9.17) is 26.4 Å². The number of thioether (sulfide) groups is 1. The van der Waals surface area contributed by atoms with Gasteiger partial charge in [0, 0.05) is 23.3 Å². The van der Waals surface area contributed by atoms with E-state index in [1.807, 2.05) is 24.3 Å². The van der Waals surface area contributed by atoms with Gasteiger partial charge >= 0.3 is 0 Å². The second kappa shape index (κ2) is 9.49. The fourth-order valence-electron chi connectivity index (χ4n) is 2.81. The van der Waals surface area contributed by atoms with E-state index in [9.17, 15) is 8.78 Å². The summed E-state index contributed by atoms with van der Waals surface area (Å²) in [7, 11) is 1.60. The Balaban J connectivity index is 1.78. The zero-order chi connectivity index (χ0) is 20.1. The van der Waals surface area contributed by atoms with Crippen LogP contribution in [0.3, 0.4) is 0 Å². The maximum Gasteiger partial charge on any atom is 0.200 e. The third-order valence-electron chi connectivity index (χ3n) is 4.32. The van der Waals surface area contributed by atoms with Crippen molar-refractivity contribution in [1.82, 2.24) is 4.42 Å². The topological polar surface area (TPSA) is 41.9 Å². The third kappa shape index (κ3) is 4.54. The highest BCUT2D eigenvalue weighted by atomic mass is 35.5. The summed E-state index contributed by atoms with van der Waals surface area (Å²) >= 11 is 7.80. The van der Waals surface area contributed by atoms with Gasteiger partial charge in [0.25, 0.3) is 0 Å². The first-order valence-corrected chi connectivity index (χ1v) is 10.0. The third-order valence-corrected chi connectivity index (χ3v) is 5.94. The number of hydrogen-bond acceptors (Lipinski definition) is 5. The molecule has 0 saturated carbocycles. The van der Waals surface area contributed by atoms with E-state index in [0.717, 1.165) is 16.2 Å². The summed E-state index contributed by atoms with van der Waals surface area (Å²) in [6.07, 6.45) is 0.630. The van der Waals surface area contributed by atoms with Crippen LogP contribution in [0.2, 0.25) is 0 Å². The van der Waals surface area contributed by atoms with Crippen molar-refractivity contribution in [3.63, 3.8) is 0 Å². The van der Waals surface area contributed by atoms with E-state index >= 15 is 0 Å². The molecular formula is C20H20ClF2NO3S. The lowest BCUT2D eigenvalue weighted by atomic mass is 10.1. The highest BCUT2D eigenvalue weighted by molar-refractivity contribution is 8.08. The lowest BCUT2D eigenvalue weighted by Crippen LogP contribution is -2.14. The molecule has 0 unspecified atom stereocenters. The molecule has 0 spiro atoms. The first-order chi connectivity index (χ1) is 13.5. The van der Waals surface area contributed by atoms with Crippen LogP contribution in [0.5, 0.6) is 11.5 Å². The Hall–Kier alpha value is -1.96. The second-order valence-electron chi connectivity index (χ2n) is 6.11. The van der Waals surface area contributed by atoms with Crippen molar-refractivity contribution in [3.8, 4) is 11.5 Å². The summed E-state index contributed by atoms with van der Waals surface area (Å²) in [5.41, 5.74) is 1.84. The van der Waals surface area contributed by atoms with E-state index in [2.05, 4.69) is 0 Å². The van der Waals surface area contributed by atoms with Crippen LogP contribution in [0.4, 0.5) is 8.78 Å². The molecule has 4 nitrogen and oxygen atoms in total. The number of nitrogens with zero attached hydrogens (tertiary/aromatic N) is 1. The largest absolute Gasteiger partial charge is 0.497 e. The van der Waals surface area contributed by atoms with Gasteiger partial charge in [-0.3, -0.25) is 4.42 Å². The predicted octanol–water partition coefficient (Wildman–Crippen LogP) is 4.81. The number of aliphatic hydroxyl groups excluding tert-OH is 1. The first-order valence-electron chi connectivity index (χ1n) is 8.69. The Labute approximate surface area is 171 Å². The molecule has 3 rings (SSSR count). The molecule has 0 amide bonds. The molecule has 1 heterocycles. The zero-order valence-corrected chi connectivity index (χ0v) is 16.8. The Morgan fingerprint density at radius 1 is 1.14 bits per heavy atom. The van der Waals surface area contributed by atoms with Gasteiger partial charge in [0.1, 0.15) is 12.4 Å². The van der Waals surface area contributed by atoms with Crippen molar-refractivity contribution in [1.29, 1.82) is 0 Å². The SMILES string of the molecule is COc1ccc(C2=C(COc3ccc(CCCO)c(F)c3F)N(Cl)CS2)cc1. The monoisotopic (exact) mass is 427 g/mol. The van der Waals surface area contributed by atoms with Crippen LogP contribution >= 0.6 is 23.5 Å². The number of rotatable bonds is 8. The average Bonchev–Trinajstić information content (AvgIpc) is 3.09. The molecule has 1 aliphatic heterocycles. The Kier molecular flexibility index (Phi) is 7.04. The first kappa shape index (κ1) is 20.8. The summed E-state index contributed by atoms with van der Waals surface area (Å²) in [4.78, 5) is 0.915. The Bertz CT molecular complexity index is 861. The molecule has 2 aromatic rings. The van der Waals surface area contributed by atoms with Gasteiger partial charge in [-0.15, -0.1) is 11.8 Å². The van der Waals surface area contributed by atoms with Gasteiger partial charge < -0.3 is 14.6 Å². The molecule has 0 aromatic heterocycles. The number of ether oxygens (including phenoxy) is 2. The summed E-state index contributed by atoms with van der Waals surface area (Å²) < 4.78 is 40.7. The van der Waals surface area contributed by atoms with Crippen molar-refractivity contribution in [2.24, 2.45) is 0 Å². The lowest BCUT2D eigenvalue weighted by molar-refractivity contribution is 0.286. The fraction of sp³-hybridized carbons (Fsp3) is 0.300. The molecule has 28 heavy (non-hydrogen) atoms. The average molecular weight is 428 g/mol. The summed E-state index contributed by atoms with van der Waals surface area (Å²) in [5.74, 6) is -0.883. The van der Waals surface area contributed by atoms with E-state index in [1.165, 1.54) is 16.6 Å². The minimum atomic E-state index is -1.03. The molecule has 0 atom stereocenters. The van der Waals surface area contributed by atoms with E-state index in [-0.39, 0.29) is 30.9 Å². The fourth-order valence-corrected chi connectivity index (χ4v) is 4.18. The predicted molar refractivity (Wildman–Crippen MR) is 107 cm³/mol.